The summed E-state index contributed by atoms with van der Waals surface area (Å²) in [5, 5.41) is 7.20. The predicted molar refractivity (Wildman–Crippen MR) is 81.1 cm³/mol. The van der Waals surface area contributed by atoms with Gasteiger partial charge in [0.15, 0.2) is 15.8 Å². The van der Waals surface area contributed by atoms with Gasteiger partial charge >= 0.3 is 0 Å². The Morgan fingerprint density at radius 3 is 2.90 bits per heavy atom. The zero-order valence-corrected chi connectivity index (χ0v) is 13.3. The van der Waals surface area contributed by atoms with Crippen LogP contribution in [0, 0.1) is 0 Å². The highest BCUT2D eigenvalue weighted by molar-refractivity contribution is 7.89. The second kappa shape index (κ2) is 6.41. The van der Waals surface area contributed by atoms with Gasteiger partial charge in [-0.3, -0.25) is 9.20 Å². The van der Waals surface area contributed by atoms with E-state index in [2.05, 4.69) is 20.3 Å². The number of thiazole rings is 1. The summed E-state index contributed by atoms with van der Waals surface area (Å²) in [6.45, 7) is 2.36. The number of amides is 1. The fraction of sp³-hybridized carbons (Fsp3) is 0.455. The molecule has 0 aromatic carbocycles. The number of hydrogen-bond donors (Lipinski definition) is 3. The number of carbonyl (C=O) groups is 1. The van der Waals surface area contributed by atoms with Crippen molar-refractivity contribution >= 4 is 38.0 Å². The van der Waals surface area contributed by atoms with Crippen LogP contribution in [-0.2, 0) is 14.8 Å². The minimum atomic E-state index is -3.75. The average molecular weight is 331 g/mol. The number of nitrogens with zero attached hydrogens (tertiary/aromatic N) is 2. The number of rotatable bonds is 7. The molecule has 116 valence electrons. The Morgan fingerprint density at radius 2 is 2.24 bits per heavy atom. The molecule has 0 saturated carbocycles. The van der Waals surface area contributed by atoms with Gasteiger partial charge in [-0.2, -0.15) is 0 Å². The summed E-state index contributed by atoms with van der Waals surface area (Å²) >= 11 is 1.34. The molecule has 2 aromatic heterocycles. The molecule has 0 fully saturated rings. The van der Waals surface area contributed by atoms with Gasteiger partial charge in [0.2, 0.25) is 5.91 Å². The number of fused-ring (bicyclic) bond motifs is 1. The van der Waals surface area contributed by atoms with E-state index in [0.717, 1.165) is 0 Å². The van der Waals surface area contributed by atoms with Gasteiger partial charge in [0.25, 0.3) is 10.0 Å². The van der Waals surface area contributed by atoms with Crippen molar-refractivity contribution in [3.63, 3.8) is 0 Å². The van der Waals surface area contributed by atoms with Crippen LogP contribution in [0.5, 0.6) is 0 Å². The summed E-state index contributed by atoms with van der Waals surface area (Å²) in [6, 6.07) is 0. The molecule has 2 rings (SSSR count). The molecule has 0 unspecified atom stereocenters. The van der Waals surface area contributed by atoms with Gasteiger partial charge in [0.1, 0.15) is 0 Å². The first-order valence-corrected chi connectivity index (χ1v) is 8.75. The Kier molecular flexibility index (Phi) is 4.80. The van der Waals surface area contributed by atoms with E-state index >= 15 is 0 Å². The Balaban J connectivity index is 2.17. The lowest BCUT2D eigenvalue weighted by Gasteiger charge is -2.07. The summed E-state index contributed by atoms with van der Waals surface area (Å²) in [5.74, 6) is 0.0929. The maximum atomic E-state index is 12.4. The van der Waals surface area contributed by atoms with Crippen LogP contribution in [-0.4, -0.2) is 43.8 Å². The van der Waals surface area contributed by atoms with E-state index < -0.39 is 10.0 Å². The van der Waals surface area contributed by atoms with Crippen LogP contribution in [0.4, 0.5) is 5.82 Å². The van der Waals surface area contributed by atoms with Gasteiger partial charge < -0.3 is 10.6 Å². The Morgan fingerprint density at radius 1 is 1.48 bits per heavy atom. The smallest absolute Gasteiger partial charge is 0.260 e. The van der Waals surface area contributed by atoms with Crippen LogP contribution in [0.1, 0.15) is 13.3 Å². The second-order valence-corrected chi connectivity index (χ2v) is 6.73. The van der Waals surface area contributed by atoms with Gasteiger partial charge in [-0.1, -0.05) is 0 Å². The third-order valence-electron chi connectivity index (χ3n) is 2.73. The normalized spacial score (nSPS) is 11.7. The number of anilines is 1. The lowest BCUT2D eigenvalue weighted by Crippen LogP contribution is -2.31. The molecule has 1 amide bonds. The third kappa shape index (κ3) is 3.34. The van der Waals surface area contributed by atoms with Gasteiger partial charge in [-0.15, -0.1) is 11.3 Å². The van der Waals surface area contributed by atoms with Crippen molar-refractivity contribution in [1.82, 2.24) is 19.4 Å². The first-order valence-electron chi connectivity index (χ1n) is 6.39. The topological polar surface area (TPSA) is 105 Å². The molecular formula is C11H17N5O3S2. The van der Waals surface area contributed by atoms with E-state index in [-0.39, 0.29) is 29.7 Å². The molecule has 3 N–H and O–H groups in total. The highest BCUT2D eigenvalue weighted by Crippen LogP contribution is 2.24. The van der Waals surface area contributed by atoms with Crippen molar-refractivity contribution in [1.29, 1.82) is 0 Å². The van der Waals surface area contributed by atoms with Crippen molar-refractivity contribution < 1.29 is 13.2 Å². The highest BCUT2D eigenvalue weighted by atomic mass is 32.2. The van der Waals surface area contributed by atoms with E-state index in [1.807, 2.05) is 0 Å². The van der Waals surface area contributed by atoms with Crippen LogP contribution in [0.2, 0.25) is 0 Å². The summed E-state index contributed by atoms with van der Waals surface area (Å²) in [5.41, 5.74) is 0. The Hall–Kier alpha value is -1.65. The van der Waals surface area contributed by atoms with Gasteiger partial charge in [0, 0.05) is 38.1 Å². The van der Waals surface area contributed by atoms with E-state index in [1.54, 1.807) is 25.5 Å². The lowest BCUT2D eigenvalue weighted by molar-refractivity contribution is -0.120. The molecule has 0 aliphatic heterocycles. The molecule has 0 saturated heterocycles. The van der Waals surface area contributed by atoms with Crippen molar-refractivity contribution in [2.75, 3.05) is 25.5 Å². The van der Waals surface area contributed by atoms with Crippen LogP contribution < -0.4 is 15.4 Å². The van der Waals surface area contributed by atoms with Crippen LogP contribution in [0.15, 0.2) is 16.6 Å². The summed E-state index contributed by atoms with van der Waals surface area (Å²) < 4.78 is 28.7. The fourth-order valence-electron chi connectivity index (χ4n) is 1.84. The second-order valence-electron chi connectivity index (χ2n) is 4.17. The van der Waals surface area contributed by atoms with Crippen molar-refractivity contribution in [3.8, 4) is 0 Å². The minimum absolute atomic E-state index is 0.0364. The number of sulfonamides is 1. The molecule has 0 bridgehead atoms. The molecule has 21 heavy (non-hydrogen) atoms. The quantitative estimate of drug-likeness (QED) is 0.674. The SMILES string of the molecule is CCNC(=O)CCNS(=O)(=O)c1c(NC)nc2sccn12. The number of nitrogens with one attached hydrogen (secondary N) is 3. The van der Waals surface area contributed by atoms with Crippen LogP contribution in [0.3, 0.4) is 0 Å². The molecule has 0 atom stereocenters. The van der Waals surface area contributed by atoms with E-state index in [9.17, 15) is 13.2 Å². The zero-order valence-electron chi connectivity index (χ0n) is 11.7. The van der Waals surface area contributed by atoms with E-state index in [4.69, 9.17) is 0 Å². The van der Waals surface area contributed by atoms with E-state index in [1.165, 1.54) is 15.7 Å². The lowest BCUT2D eigenvalue weighted by atomic mass is 10.4. The molecule has 2 heterocycles. The van der Waals surface area contributed by atoms with Gasteiger partial charge in [-0.05, 0) is 6.92 Å². The molecule has 0 radical (unpaired) electrons. The predicted octanol–water partition coefficient (Wildman–Crippen LogP) is 0.242. The monoisotopic (exact) mass is 331 g/mol. The first-order chi connectivity index (χ1) is 9.99. The number of imidazole rings is 1. The maximum absolute atomic E-state index is 12.4. The van der Waals surface area contributed by atoms with Crippen molar-refractivity contribution in [2.45, 2.75) is 18.4 Å². The number of aromatic nitrogens is 2. The first kappa shape index (κ1) is 15.7. The van der Waals surface area contributed by atoms with E-state index in [0.29, 0.717) is 11.5 Å². The molecule has 0 aliphatic rings. The van der Waals surface area contributed by atoms with Crippen LogP contribution in [0.25, 0.3) is 4.96 Å². The van der Waals surface area contributed by atoms with Gasteiger partial charge in [-0.25, -0.2) is 18.1 Å². The number of carbonyl (C=O) groups excluding carboxylic acids is 1. The molecule has 0 aliphatic carbocycles. The summed E-state index contributed by atoms with van der Waals surface area (Å²) in [7, 11) is -2.14. The molecular weight excluding hydrogens is 314 g/mol. The van der Waals surface area contributed by atoms with Crippen molar-refractivity contribution in [2.24, 2.45) is 0 Å². The fourth-order valence-corrected chi connectivity index (χ4v) is 3.93. The molecule has 8 nitrogen and oxygen atoms in total. The average Bonchev–Trinajstić information content (AvgIpc) is 2.97. The number of hydrogen-bond acceptors (Lipinski definition) is 6. The Bertz CT molecular complexity index is 734. The molecule has 10 heteroatoms. The standard InChI is InChI=1S/C11H17N5O3S2/c1-3-13-8(17)4-5-14-21(18,19)10-9(12-2)15-11-16(10)6-7-20-11/h6-7,12,14H,3-5H2,1-2H3,(H,13,17). The van der Waals surface area contributed by atoms with Gasteiger partial charge in [0.05, 0.1) is 0 Å². The zero-order chi connectivity index (χ0) is 15.5. The minimum Gasteiger partial charge on any atom is -0.371 e. The van der Waals surface area contributed by atoms with Crippen molar-refractivity contribution in [3.05, 3.63) is 11.6 Å². The largest absolute Gasteiger partial charge is 0.371 e. The summed E-state index contributed by atoms with van der Waals surface area (Å²) in [4.78, 5) is 16.1. The molecule has 2 aromatic rings. The third-order valence-corrected chi connectivity index (χ3v) is 4.97. The van der Waals surface area contributed by atoms with Crippen LogP contribution >= 0.6 is 11.3 Å². The summed E-state index contributed by atoms with van der Waals surface area (Å²) in [6.07, 6.45) is 1.74. The molecule has 0 spiro atoms. The highest BCUT2D eigenvalue weighted by Gasteiger charge is 2.25. The maximum Gasteiger partial charge on any atom is 0.260 e. The Labute approximate surface area is 126 Å².